The maximum atomic E-state index is 12.4. The van der Waals surface area contributed by atoms with Crippen LogP contribution >= 0.6 is 0 Å². The Bertz CT molecular complexity index is 880. The third kappa shape index (κ3) is 3.40. The number of amides is 1. The number of benzene rings is 2. The van der Waals surface area contributed by atoms with E-state index in [9.17, 15) is 4.79 Å². The van der Waals surface area contributed by atoms with E-state index in [1.54, 1.807) is 0 Å². The molecule has 0 atom stereocenters. The van der Waals surface area contributed by atoms with Crippen LogP contribution in [-0.2, 0) is 17.8 Å². The summed E-state index contributed by atoms with van der Waals surface area (Å²) in [6, 6.07) is 20.2. The fourth-order valence-electron chi connectivity index (χ4n) is 3.54. The van der Waals surface area contributed by atoms with E-state index in [1.165, 1.54) is 0 Å². The summed E-state index contributed by atoms with van der Waals surface area (Å²) in [5, 5.41) is 0. The summed E-state index contributed by atoms with van der Waals surface area (Å²) in [4.78, 5) is 19.0. The normalized spacial score (nSPS) is 14.3. The minimum atomic E-state index is 0.220. The minimum Gasteiger partial charge on any atom is -0.342 e. The molecule has 0 N–H and O–H groups in total. The van der Waals surface area contributed by atoms with Crippen molar-refractivity contribution in [3.8, 4) is 11.4 Å². The van der Waals surface area contributed by atoms with Crippen molar-refractivity contribution >= 4 is 5.91 Å². The second kappa shape index (κ2) is 7.16. The van der Waals surface area contributed by atoms with Crippen LogP contribution in [0.15, 0.2) is 66.9 Å². The van der Waals surface area contributed by atoms with Crippen LogP contribution in [0.4, 0.5) is 0 Å². The van der Waals surface area contributed by atoms with E-state index < -0.39 is 0 Å². The van der Waals surface area contributed by atoms with E-state index in [0.717, 1.165) is 42.3 Å². The Kier molecular flexibility index (Phi) is 4.57. The molecule has 2 aromatic carbocycles. The molecule has 132 valence electrons. The van der Waals surface area contributed by atoms with Crippen molar-refractivity contribution < 1.29 is 4.79 Å². The molecule has 0 radical (unpaired) electrons. The van der Waals surface area contributed by atoms with Crippen LogP contribution in [-0.4, -0.2) is 33.4 Å². The third-order valence-corrected chi connectivity index (χ3v) is 5.04. The summed E-state index contributed by atoms with van der Waals surface area (Å²) in [5.74, 6) is 1.72. The van der Waals surface area contributed by atoms with Crippen molar-refractivity contribution in [2.75, 3.05) is 13.1 Å². The molecule has 1 aliphatic rings. The van der Waals surface area contributed by atoms with Gasteiger partial charge in [-0.15, -0.1) is 0 Å². The molecule has 4 nitrogen and oxygen atoms in total. The van der Waals surface area contributed by atoms with E-state index >= 15 is 0 Å². The van der Waals surface area contributed by atoms with Gasteiger partial charge in [0, 0.05) is 43.0 Å². The van der Waals surface area contributed by atoms with E-state index in [-0.39, 0.29) is 5.91 Å². The molecule has 0 bridgehead atoms. The number of aromatic nitrogens is 2. The summed E-state index contributed by atoms with van der Waals surface area (Å²) in [7, 11) is 0. The van der Waals surface area contributed by atoms with Gasteiger partial charge in [-0.3, -0.25) is 4.79 Å². The predicted molar refractivity (Wildman–Crippen MR) is 103 cm³/mol. The predicted octanol–water partition coefficient (Wildman–Crippen LogP) is 3.56. The average molecular weight is 345 g/mol. The maximum absolute atomic E-state index is 12.4. The lowest BCUT2D eigenvalue weighted by Gasteiger charge is -2.40. The Morgan fingerprint density at radius 3 is 2.38 bits per heavy atom. The van der Waals surface area contributed by atoms with Crippen LogP contribution in [0.5, 0.6) is 0 Å². The molecule has 4 rings (SSSR count). The molecule has 0 spiro atoms. The molecular formula is C22H23N3O. The summed E-state index contributed by atoms with van der Waals surface area (Å²) < 4.78 is 2.28. The summed E-state index contributed by atoms with van der Waals surface area (Å²) in [6.45, 7) is 4.66. The highest BCUT2D eigenvalue weighted by molar-refractivity contribution is 5.79. The lowest BCUT2D eigenvalue weighted by Crippen LogP contribution is -2.52. The Hall–Kier alpha value is -2.88. The largest absolute Gasteiger partial charge is 0.342 e. The molecule has 1 fully saturated rings. The molecule has 26 heavy (non-hydrogen) atoms. The van der Waals surface area contributed by atoms with Crippen LogP contribution in [0, 0.1) is 12.8 Å². The number of carbonyl (C=O) groups excluding carboxylic acids is 1. The van der Waals surface area contributed by atoms with Crippen LogP contribution in [0.3, 0.4) is 0 Å². The Labute approximate surface area is 154 Å². The third-order valence-electron chi connectivity index (χ3n) is 5.04. The lowest BCUT2D eigenvalue weighted by molar-refractivity contribution is -0.137. The molecule has 1 aliphatic heterocycles. The number of hydrogen-bond acceptors (Lipinski definition) is 2. The number of likely N-dealkylation sites (tertiary alicyclic amines) is 1. The molecule has 0 saturated carbocycles. The highest BCUT2D eigenvalue weighted by Crippen LogP contribution is 2.24. The van der Waals surface area contributed by atoms with Crippen LogP contribution in [0.1, 0.15) is 11.3 Å². The minimum absolute atomic E-state index is 0.220. The molecule has 2 heterocycles. The molecule has 4 heteroatoms. The second-order valence-corrected chi connectivity index (χ2v) is 7.03. The zero-order valence-corrected chi connectivity index (χ0v) is 15.0. The molecule has 0 unspecified atom stereocenters. The van der Waals surface area contributed by atoms with Crippen molar-refractivity contribution in [2.45, 2.75) is 19.9 Å². The first-order valence-corrected chi connectivity index (χ1v) is 9.10. The second-order valence-electron chi connectivity index (χ2n) is 7.03. The van der Waals surface area contributed by atoms with Gasteiger partial charge >= 0.3 is 0 Å². The van der Waals surface area contributed by atoms with Crippen molar-refractivity contribution in [2.24, 2.45) is 5.92 Å². The molecule has 1 amide bonds. The van der Waals surface area contributed by atoms with Gasteiger partial charge in [0.2, 0.25) is 5.91 Å². The zero-order valence-electron chi connectivity index (χ0n) is 15.0. The number of imidazole rings is 1. The number of aryl methyl sites for hydroxylation is 1. The summed E-state index contributed by atoms with van der Waals surface area (Å²) >= 11 is 0. The Morgan fingerprint density at radius 1 is 1.04 bits per heavy atom. The SMILES string of the molecule is Cc1cnc(-c2ccccc2)n1CC1CN(C(=O)Cc2ccccc2)C1. The van der Waals surface area contributed by atoms with Gasteiger partial charge < -0.3 is 9.47 Å². The number of rotatable bonds is 5. The van der Waals surface area contributed by atoms with Gasteiger partial charge in [-0.1, -0.05) is 60.7 Å². The van der Waals surface area contributed by atoms with Crippen LogP contribution in [0.25, 0.3) is 11.4 Å². The molecular weight excluding hydrogens is 322 g/mol. The van der Waals surface area contributed by atoms with Crippen molar-refractivity contribution in [1.29, 1.82) is 0 Å². The fourth-order valence-corrected chi connectivity index (χ4v) is 3.54. The number of nitrogens with zero attached hydrogens (tertiary/aromatic N) is 3. The van der Waals surface area contributed by atoms with E-state index in [1.807, 2.05) is 59.6 Å². The van der Waals surface area contributed by atoms with E-state index in [4.69, 9.17) is 0 Å². The number of hydrogen-bond donors (Lipinski definition) is 0. The van der Waals surface area contributed by atoms with Crippen molar-refractivity contribution in [3.05, 3.63) is 78.1 Å². The highest BCUT2D eigenvalue weighted by atomic mass is 16.2. The average Bonchev–Trinajstić information content (AvgIpc) is 2.99. The first-order valence-electron chi connectivity index (χ1n) is 9.10. The van der Waals surface area contributed by atoms with Gasteiger partial charge in [0.05, 0.1) is 6.42 Å². The van der Waals surface area contributed by atoms with Gasteiger partial charge in [-0.25, -0.2) is 4.98 Å². The first kappa shape index (κ1) is 16.6. The van der Waals surface area contributed by atoms with E-state index in [0.29, 0.717) is 12.3 Å². The van der Waals surface area contributed by atoms with Crippen molar-refractivity contribution in [3.63, 3.8) is 0 Å². The topological polar surface area (TPSA) is 38.1 Å². The van der Waals surface area contributed by atoms with Crippen molar-refractivity contribution in [1.82, 2.24) is 14.5 Å². The van der Waals surface area contributed by atoms with Gasteiger partial charge in [-0.05, 0) is 12.5 Å². The quantitative estimate of drug-likeness (QED) is 0.709. The van der Waals surface area contributed by atoms with Crippen LogP contribution < -0.4 is 0 Å². The molecule has 3 aromatic rings. The van der Waals surface area contributed by atoms with Gasteiger partial charge in [-0.2, -0.15) is 0 Å². The standard InChI is InChI=1S/C22H23N3O/c1-17-13-23-22(20-10-6-3-7-11-20)25(17)16-19-14-24(15-19)21(26)12-18-8-4-2-5-9-18/h2-11,13,19H,12,14-16H2,1H3. The van der Waals surface area contributed by atoms with E-state index in [2.05, 4.69) is 28.6 Å². The Morgan fingerprint density at radius 2 is 1.69 bits per heavy atom. The summed E-state index contributed by atoms with van der Waals surface area (Å²) in [5.41, 5.74) is 3.38. The maximum Gasteiger partial charge on any atom is 0.227 e. The smallest absolute Gasteiger partial charge is 0.227 e. The van der Waals surface area contributed by atoms with Gasteiger partial charge in [0.25, 0.3) is 0 Å². The molecule has 1 saturated heterocycles. The Balaban J connectivity index is 1.38. The summed E-state index contributed by atoms with van der Waals surface area (Å²) in [6.07, 6.45) is 2.42. The fraction of sp³-hybridized carbons (Fsp3) is 0.273. The van der Waals surface area contributed by atoms with Gasteiger partial charge in [0.1, 0.15) is 5.82 Å². The monoisotopic (exact) mass is 345 g/mol. The number of carbonyl (C=O) groups is 1. The molecule has 0 aliphatic carbocycles. The van der Waals surface area contributed by atoms with Gasteiger partial charge in [0.15, 0.2) is 0 Å². The first-order chi connectivity index (χ1) is 12.7. The lowest BCUT2D eigenvalue weighted by atomic mass is 9.98. The molecule has 1 aromatic heterocycles. The highest BCUT2D eigenvalue weighted by Gasteiger charge is 2.31. The van der Waals surface area contributed by atoms with Crippen LogP contribution in [0.2, 0.25) is 0 Å². The zero-order chi connectivity index (χ0) is 17.9.